The molecule has 0 amide bonds. The molecule has 4 heterocycles. The van der Waals surface area contributed by atoms with Gasteiger partial charge in [-0.15, -0.1) is 0 Å². The Labute approximate surface area is 897 Å². The smallest absolute Gasteiger partial charge is 0.330 e. The van der Waals surface area contributed by atoms with Crippen LogP contribution in [0.3, 0.4) is 0 Å². The minimum absolute atomic E-state index is 0.0729. The van der Waals surface area contributed by atoms with Crippen LogP contribution in [0.25, 0.3) is 0 Å². The van der Waals surface area contributed by atoms with Gasteiger partial charge in [0.2, 0.25) is 0 Å². The highest BCUT2D eigenvalue weighted by Gasteiger charge is 2.76. The number of rotatable bonds is 17. The van der Waals surface area contributed by atoms with Crippen LogP contribution in [0.15, 0.2) is 23.8 Å². The van der Waals surface area contributed by atoms with Crippen molar-refractivity contribution in [1.29, 1.82) is 0 Å². The fourth-order valence-electron chi connectivity index (χ4n) is 39.6. The molecule has 18 nitrogen and oxygen atoms in total. The molecule has 840 valence electrons. The summed E-state index contributed by atoms with van der Waals surface area (Å²) >= 11 is 0. The van der Waals surface area contributed by atoms with Gasteiger partial charge in [0.1, 0.15) is 0 Å². The van der Waals surface area contributed by atoms with E-state index in [-0.39, 0.29) is 110 Å². The van der Waals surface area contributed by atoms with Crippen molar-refractivity contribution < 1.29 is 84.9 Å². The second-order valence-electron chi connectivity index (χ2n) is 62.0. The van der Waals surface area contributed by atoms with Crippen LogP contribution in [0.1, 0.15) is 406 Å². The number of carbonyl (C=O) groups excluding carboxylic acids is 3. The lowest BCUT2D eigenvalue weighted by atomic mass is 9.43. The quantitative estimate of drug-likeness (QED) is 0.0473. The Hall–Kier alpha value is -1.94. The first kappa shape index (κ1) is 116. The van der Waals surface area contributed by atoms with E-state index in [1.54, 1.807) is 11.6 Å². The number of fused-ring (bicyclic) bond motifs is 32. The summed E-state index contributed by atoms with van der Waals surface area (Å²) in [5.74, 6) is 10.4. The van der Waals surface area contributed by atoms with E-state index < -0.39 is 48.1 Å². The molecule has 0 radical (unpaired) electrons. The van der Waals surface area contributed by atoms with Gasteiger partial charge in [-0.25, -0.2) is 4.79 Å². The maximum Gasteiger partial charge on any atom is 0.330 e. The van der Waals surface area contributed by atoms with Gasteiger partial charge in [-0.2, -0.15) is 0 Å². The van der Waals surface area contributed by atoms with E-state index in [9.17, 15) is 19.5 Å². The van der Waals surface area contributed by atoms with Gasteiger partial charge in [0.05, 0.1) is 76.3 Å². The minimum atomic E-state index is -1.84. The molecule has 20 aliphatic rings. The highest BCUT2D eigenvalue weighted by atomic mass is 28.4. The van der Waals surface area contributed by atoms with Crippen LogP contribution < -0.4 is 0 Å². The molecule has 0 aromatic heterocycles. The SMILES string of the molecule is C/C=C1/CCC2C3C(CC[C@]12C)[C@@]1(C)CC[C@@H](O[Si](C)(C)C(C)(C)C)CC1[C@H]1OC(C)(C)O[C@H]31.COC(=O)/C=C/[C@@H](C)C1CCC2C3C(CC[C@@]21C)[C@@]1(C)CC[C@@H](O[Si](C)(C)C(C)(C)C)CC1[C@H]1OC(C)(C)O[C@H]31.COC(=O)CC[C@@H](C)[C@H]1CCC2C3C(CC[C@@]21C)[C@@]1(C)CC[C@@H](O)CC1[C@H]1OC(C)(C)O[C@H]31.COC(=O)CC[C@@H](C)[C@H]1CCC2C3C(CC[C@@]21C)[C@@]1(C)CC[C@@H](O[Si](C)(C)C(C)(C)C)CC1[C@H]1OC(C)(C)O[C@H]31. The summed E-state index contributed by atoms with van der Waals surface area (Å²) in [6.07, 6.45) is 45.4. The van der Waals surface area contributed by atoms with Crippen molar-refractivity contribution in [2.75, 3.05) is 21.3 Å². The lowest BCUT2D eigenvalue weighted by Gasteiger charge is -2.64. The normalized spacial score (nSPS) is 47.5. The number of ether oxygens (including phenoxy) is 11. The van der Waals surface area contributed by atoms with Crippen LogP contribution in [-0.4, -0.2) is 166 Å². The minimum Gasteiger partial charge on any atom is -0.469 e. The molecule has 20 rings (SSSR count). The largest absolute Gasteiger partial charge is 0.469 e. The molecule has 4 saturated heterocycles. The van der Waals surface area contributed by atoms with Gasteiger partial charge in [-0.3, -0.25) is 9.59 Å². The molecule has 0 aromatic rings. The van der Waals surface area contributed by atoms with Gasteiger partial charge < -0.3 is 70.5 Å². The Morgan fingerprint density at radius 1 is 0.347 bits per heavy atom. The van der Waals surface area contributed by atoms with E-state index in [0.29, 0.717) is 171 Å². The number of hydrogen-bond donors (Lipinski definition) is 1. The topological polar surface area (TPSA) is 201 Å². The predicted octanol–water partition coefficient (Wildman–Crippen LogP) is 29.9. The van der Waals surface area contributed by atoms with Crippen LogP contribution in [0.2, 0.25) is 54.4 Å². The molecule has 0 aromatic carbocycles. The first-order chi connectivity index (χ1) is 68.0. The summed E-state index contributed by atoms with van der Waals surface area (Å²) in [7, 11) is -1.01. The number of allylic oxidation sites excluding steroid dienone is 3. The second-order valence-corrected chi connectivity index (χ2v) is 76.3. The average Bonchev–Trinajstić information content (AvgIpc) is 1.56. The fraction of sp³-hybridized carbons (Fsp3) is 0.944. The predicted molar refractivity (Wildman–Crippen MR) is 593 cm³/mol. The van der Waals surface area contributed by atoms with Gasteiger partial charge in [0.25, 0.3) is 0 Å². The van der Waals surface area contributed by atoms with Crippen LogP contribution in [0.5, 0.6) is 0 Å². The lowest BCUT2D eigenvalue weighted by Crippen LogP contribution is -2.64. The number of aliphatic hydroxyl groups excluding tert-OH is 1. The Morgan fingerprint density at radius 2 is 0.626 bits per heavy atom. The van der Waals surface area contributed by atoms with Crippen molar-refractivity contribution >= 4 is 42.9 Å². The average molecular weight is 2100 g/mol. The van der Waals surface area contributed by atoms with E-state index in [0.717, 1.165) is 63.2 Å². The maximum atomic E-state index is 11.9. The summed E-state index contributed by atoms with van der Waals surface area (Å²) in [4.78, 5) is 35.6. The van der Waals surface area contributed by atoms with Crippen LogP contribution in [0, 0.1) is 174 Å². The number of methoxy groups -OCH3 is 3. The molecule has 0 bridgehead atoms. The van der Waals surface area contributed by atoms with Crippen molar-refractivity contribution in [1.82, 2.24) is 0 Å². The molecular formula is C126H216O18Si3. The monoisotopic (exact) mass is 2100 g/mol. The second kappa shape index (κ2) is 40.7. The summed E-state index contributed by atoms with van der Waals surface area (Å²) in [5.41, 5.74) is 4.04. The van der Waals surface area contributed by atoms with Crippen LogP contribution >= 0.6 is 0 Å². The van der Waals surface area contributed by atoms with Gasteiger partial charge in [-0.1, -0.05) is 156 Å². The number of hydrogen-bond acceptors (Lipinski definition) is 18. The van der Waals surface area contributed by atoms with Gasteiger partial charge >= 0.3 is 17.9 Å². The Balaban J connectivity index is 0.000000134. The Bertz CT molecular complexity index is 4710. The third-order valence-electron chi connectivity index (χ3n) is 50.0. The molecule has 20 fully saturated rings. The molecule has 4 aliphatic heterocycles. The van der Waals surface area contributed by atoms with Gasteiger partial charge in [0.15, 0.2) is 48.1 Å². The summed E-state index contributed by atoms with van der Waals surface area (Å²) in [5, 5.41) is 11.3. The van der Waals surface area contributed by atoms with Crippen molar-refractivity contribution in [3.05, 3.63) is 23.8 Å². The molecule has 16 aliphatic carbocycles. The van der Waals surface area contributed by atoms with Gasteiger partial charge in [-0.05, 0) is 483 Å². The van der Waals surface area contributed by atoms with E-state index in [1.807, 2.05) is 0 Å². The highest BCUT2D eigenvalue weighted by Crippen LogP contribution is 2.77. The molecule has 0 spiro atoms. The molecule has 42 atom stereocenters. The zero-order valence-electron chi connectivity index (χ0n) is 100. The first-order valence-electron chi connectivity index (χ1n) is 60.7. The van der Waals surface area contributed by atoms with Crippen molar-refractivity contribution in [3.63, 3.8) is 0 Å². The van der Waals surface area contributed by atoms with Crippen LogP contribution in [-0.2, 0) is 79.8 Å². The molecule has 16 saturated carbocycles. The maximum absolute atomic E-state index is 11.9. The van der Waals surface area contributed by atoms with E-state index in [1.165, 1.54) is 163 Å². The van der Waals surface area contributed by atoms with Crippen molar-refractivity contribution in [2.45, 2.75) is 557 Å². The van der Waals surface area contributed by atoms with E-state index in [4.69, 9.17) is 65.4 Å². The summed E-state index contributed by atoms with van der Waals surface area (Å²) in [6.45, 7) is 82.6. The van der Waals surface area contributed by atoms with Gasteiger partial charge in [0, 0.05) is 37.2 Å². The molecular weight excluding hydrogens is 1890 g/mol. The summed E-state index contributed by atoms with van der Waals surface area (Å²) in [6, 6.07) is 0. The van der Waals surface area contributed by atoms with Crippen LogP contribution in [0.4, 0.5) is 0 Å². The molecule has 147 heavy (non-hydrogen) atoms. The van der Waals surface area contributed by atoms with E-state index >= 15 is 0 Å². The number of carbonyl (C=O) groups is 3. The Morgan fingerprint density at radius 3 is 0.939 bits per heavy atom. The molecule has 1 N–H and O–H groups in total. The van der Waals surface area contributed by atoms with Crippen molar-refractivity contribution in [2.24, 2.45) is 174 Å². The molecule has 21 heteroatoms. The van der Waals surface area contributed by atoms with E-state index in [2.05, 4.69) is 252 Å². The fourth-order valence-corrected chi connectivity index (χ4v) is 43.8. The van der Waals surface area contributed by atoms with Crippen molar-refractivity contribution in [3.8, 4) is 0 Å². The Kier molecular flexibility index (Phi) is 32.2. The third kappa shape index (κ3) is 20.7. The highest BCUT2D eigenvalue weighted by molar-refractivity contribution is 6.75. The standard InChI is InChI=1S/C34H60O5Si.C34H58O5Si.C30H52O3Si.C28H46O5/c2*1-21(12-15-27(35)36-9)23-13-14-24-28-25(17-19-33(23,24)7)34(8)18-16-22(39-40(10,11)31(2,3)4)20-26(34)29-30(28)38-32(5,6)37-29;1-11-19-12-13-21-24-22(15-17-29(19,21)7)30(8)16-14-20(33-34(9,10)27(2,3)4)18-23(30)25-26(24)32-28(5,6)31-25;1-16(7-10-22(30)31-6)18-8-9-19-23-20(12-14-27(18,19)4)28(5)13-11-17(29)15-21(28)24-25(23)33-26(2,3)32-24/h21-26,28-30H,12-20H2,1-11H3;12,15,21-26,28-30H,13-14,16-20H2,1-11H3;11,20-26H,12-18H2,1-10H3;16-21,23-25,29H,7-15H2,1-6H3/b;15-12+;19-11-;/t21-,22-,23-,24?,25?,26?,28?,29-,30-,33-,34-;21-,22-,23?,24?,25?,26?,28?,29-,30-,33-,34-;20-,21?,22?,23?,24?,25-,26-,29-,30-;16-,17-,18-,19?,20?,21?,23?,24-,25-,27-,28-/m1111/s1. The zero-order valence-corrected chi connectivity index (χ0v) is 103. The number of aliphatic hydroxyl groups is 1. The first-order valence-corrected chi connectivity index (χ1v) is 69.4. The lowest BCUT2D eigenvalue weighted by molar-refractivity contribution is -0.190. The third-order valence-corrected chi connectivity index (χ3v) is 63.6. The number of esters is 3. The zero-order chi connectivity index (χ0) is 108. The summed E-state index contributed by atoms with van der Waals surface area (Å²) < 4.78 is 90.6. The molecule has 17 unspecified atom stereocenters.